The van der Waals surface area contributed by atoms with Crippen LogP contribution in [0.5, 0.6) is 23.0 Å². The fourth-order valence-electron chi connectivity index (χ4n) is 4.84. The van der Waals surface area contributed by atoms with Crippen molar-refractivity contribution in [2.45, 2.75) is 19.3 Å². The van der Waals surface area contributed by atoms with Crippen molar-refractivity contribution in [1.29, 1.82) is 0 Å². The first-order valence-electron chi connectivity index (χ1n) is 13.6. The normalized spacial score (nSPS) is 11.8. The average Bonchev–Trinajstić information content (AvgIpc) is 3.03. The van der Waals surface area contributed by atoms with Gasteiger partial charge in [0.1, 0.15) is 41.8 Å². The third kappa shape index (κ3) is 5.95. The van der Waals surface area contributed by atoms with Crippen molar-refractivity contribution in [3.63, 3.8) is 0 Å². The van der Waals surface area contributed by atoms with Crippen molar-refractivity contribution >= 4 is 11.9 Å². The molecule has 7 nitrogen and oxygen atoms in total. The number of hydrogen-bond donors (Lipinski definition) is 2. The number of urea groups is 1. The molecule has 1 heterocycles. The quantitative estimate of drug-likeness (QED) is 0.211. The van der Waals surface area contributed by atoms with E-state index in [0.717, 1.165) is 22.3 Å². The lowest BCUT2D eigenvalue weighted by atomic mass is 9.95. The molecular weight excluding hydrogens is 528 g/mol. The lowest BCUT2D eigenvalue weighted by Gasteiger charge is -2.28. The molecule has 0 saturated heterocycles. The number of carbonyl (C=O) groups is 2. The van der Waals surface area contributed by atoms with E-state index in [1.165, 1.54) is 0 Å². The minimum Gasteiger partial charge on any atom is -0.488 e. The van der Waals surface area contributed by atoms with E-state index in [0.29, 0.717) is 23.0 Å². The Morgan fingerprint density at radius 1 is 0.595 bits per heavy atom. The molecule has 0 saturated carbocycles. The molecule has 0 fully saturated rings. The Kier molecular flexibility index (Phi) is 7.81. The Bertz CT molecular complexity index is 1600. The Hall–Kier alpha value is -5.56. The van der Waals surface area contributed by atoms with Crippen molar-refractivity contribution in [1.82, 2.24) is 10.6 Å². The molecule has 0 radical (unpaired) electrons. The minimum absolute atomic E-state index is 0.132. The first kappa shape index (κ1) is 26.7. The number of fused-ring (bicyclic) bond motifs is 2. The van der Waals surface area contributed by atoms with Gasteiger partial charge in [0.05, 0.1) is 6.04 Å². The first-order chi connectivity index (χ1) is 20.7. The van der Waals surface area contributed by atoms with Gasteiger partial charge >= 0.3 is 6.03 Å². The number of hydrogen-bond acceptors (Lipinski definition) is 5. The Balaban J connectivity index is 1.25. The van der Waals surface area contributed by atoms with Crippen LogP contribution < -0.4 is 24.8 Å². The van der Waals surface area contributed by atoms with Crippen LogP contribution in [0.4, 0.5) is 4.79 Å². The van der Waals surface area contributed by atoms with Gasteiger partial charge in [-0.15, -0.1) is 0 Å². The largest absolute Gasteiger partial charge is 0.488 e. The molecule has 1 aliphatic heterocycles. The van der Waals surface area contributed by atoms with E-state index in [9.17, 15) is 9.59 Å². The van der Waals surface area contributed by atoms with Crippen molar-refractivity contribution in [3.05, 3.63) is 155 Å². The van der Waals surface area contributed by atoms with Crippen LogP contribution in [0.15, 0.2) is 127 Å². The number of benzene rings is 5. The summed E-state index contributed by atoms with van der Waals surface area (Å²) in [6.07, 6.45) is 0. The molecule has 2 N–H and O–H groups in total. The number of nitrogens with one attached hydrogen (secondary N) is 2. The van der Waals surface area contributed by atoms with Crippen molar-refractivity contribution < 1.29 is 23.8 Å². The van der Waals surface area contributed by atoms with Crippen molar-refractivity contribution in [2.24, 2.45) is 0 Å². The highest BCUT2D eigenvalue weighted by Crippen LogP contribution is 2.42. The van der Waals surface area contributed by atoms with E-state index in [2.05, 4.69) is 10.6 Å². The molecule has 5 aromatic rings. The van der Waals surface area contributed by atoms with E-state index in [-0.39, 0.29) is 18.8 Å². The molecule has 0 atom stereocenters. The van der Waals surface area contributed by atoms with E-state index in [1.807, 2.05) is 109 Å². The van der Waals surface area contributed by atoms with Crippen LogP contribution in [0.25, 0.3) is 0 Å². The summed E-state index contributed by atoms with van der Waals surface area (Å²) in [5, 5.41) is 5.45. The summed E-state index contributed by atoms with van der Waals surface area (Å²) in [6.45, 7) is 0.482. The SMILES string of the molecule is O=C(NC(=O)c1c(OCc2ccccc2)cccc1OCc1ccccc1)NC1c2ccccc2Oc2ccccc21. The molecule has 1 aliphatic rings. The van der Waals surface area contributed by atoms with Crippen LogP contribution in [0.2, 0.25) is 0 Å². The molecule has 7 heteroatoms. The highest BCUT2D eigenvalue weighted by molar-refractivity contribution is 6.07. The lowest BCUT2D eigenvalue weighted by Crippen LogP contribution is -2.42. The first-order valence-corrected chi connectivity index (χ1v) is 13.6. The summed E-state index contributed by atoms with van der Waals surface area (Å²) in [5.41, 5.74) is 3.59. The van der Waals surface area contributed by atoms with Gasteiger partial charge in [0, 0.05) is 11.1 Å². The molecular formula is C35H28N2O5. The van der Waals surface area contributed by atoms with Crippen LogP contribution in [-0.2, 0) is 13.2 Å². The molecule has 208 valence electrons. The molecule has 0 spiro atoms. The fraction of sp³-hybridized carbons (Fsp3) is 0.0857. The van der Waals surface area contributed by atoms with Gasteiger partial charge in [0.25, 0.3) is 5.91 Å². The van der Waals surface area contributed by atoms with E-state index in [4.69, 9.17) is 14.2 Å². The summed E-state index contributed by atoms with van der Waals surface area (Å²) in [5.74, 6) is 1.24. The lowest BCUT2D eigenvalue weighted by molar-refractivity contribution is 0.0954. The topological polar surface area (TPSA) is 85.9 Å². The molecule has 42 heavy (non-hydrogen) atoms. The molecule has 0 aliphatic carbocycles. The van der Waals surface area contributed by atoms with Gasteiger partial charge in [-0.2, -0.15) is 0 Å². The Morgan fingerprint density at radius 2 is 1.07 bits per heavy atom. The second-order valence-electron chi connectivity index (χ2n) is 9.72. The third-order valence-corrected chi connectivity index (χ3v) is 6.87. The smallest absolute Gasteiger partial charge is 0.322 e. The van der Waals surface area contributed by atoms with Gasteiger partial charge < -0.3 is 19.5 Å². The van der Waals surface area contributed by atoms with Gasteiger partial charge in [-0.05, 0) is 35.4 Å². The average molecular weight is 557 g/mol. The summed E-state index contributed by atoms with van der Waals surface area (Å²) < 4.78 is 18.2. The van der Waals surface area contributed by atoms with Crippen LogP contribution in [0.1, 0.15) is 38.7 Å². The molecule has 0 unspecified atom stereocenters. The zero-order valence-electron chi connectivity index (χ0n) is 22.7. The summed E-state index contributed by atoms with van der Waals surface area (Å²) in [7, 11) is 0. The predicted molar refractivity (Wildman–Crippen MR) is 159 cm³/mol. The van der Waals surface area contributed by atoms with Crippen molar-refractivity contribution in [3.8, 4) is 23.0 Å². The summed E-state index contributed by atoms with van der Waals surface area (Å²) >= 11 is 0. The number of para-hydroxylation sites is 2. The van der Waals surface area contributed by atoms with Crippen LogP contribution in [-0.4, -0.2) is 11.9 Å². The summed E-state index contributed by atoms with van der Waals surface area (Å²) in [4.78, 5) is 27.0. The molecule has 5 aromatic carbocycles. The van der Waals surface area contributed by atoms with Crippen LogP contribution in [0.3, 0.4) is 0 Å². The number of imide groups is 1. The monoisotopic (exact) mass is 556 g/mol. The van der Waals surface area contributed by atoms with Crippen LogP contribution >= 0.6 is 0 Å². The number of carbonyl (C=O) groups excluding carboxylic acids is 2. The molecule has 3 amide bonds. The second kappa shape index (κ2) is 12.3. The van der Waals surface area contributed by atoms with E-state index in [1.54, 1.807) is 18.2 Å². The van der Waals surface area contributed by atoms with Gasteiger partial charge in [0.2, 0.25) is 0 Å². The minimum atomic E-state index is -0.664. The highest BCUT2D eigenvalue weighted by Gasteiger charge is 2.29. The number of amides is 3. The van der Waals surface area contributed by atoms with Gasteiger partial charge in [-0.25, -0.2) is 4.79 Å². The maximum atomic E-state index is 13.7. The number of ether oxygens (including phenoxy) is 3. The molecule has 0 bridgehead atoms. The summed E-state index contributed by atoms with van der Waals surface area (Å²) in [6, 6.07) is 38.2. The van der Waals surface area contributed by atoms with Crippen LogP contribution in [0, 0.1) is 0 Å². The van der Waals surface area contributed by atoms with Gasteiger partial charge in [0.15, 0.2) is 0 Å². The maximum absolute atomic E-state index is 13.7. The number of rotatable bonds is 8. The van der Waals surface area contributed by atoms with Gasteiger partial charge in [-0.3, -0.25) is 10.1 Å². The van der Waals surface area contributed by atoms with Crippen molar-refractivity contribution in [2.75, 3.05) is 0 Å². The Morgan fingerprint density at radius 3 is 1.60 bits per heavy atom. The van der Waals surface area contributed by atoms with E-state index >= 15 is 0 Å². The second-order valence-corrected chi connectivity index (χ2v) is 9.72. The van der Waals surface area contributed by atoms with E-state index < -0.39 is 18.0 Å². The zero-order chi connectivity index (χ0) is 28.7. The highest BCUT2D eigenvalue weighted by atomic mass is 16.5. The Labute approximate surface area is 243 Å². The fourth-order valence-corrected chi connectivity index (χ4v) is 4.84. The standard InChI is InChI=1S/C35H28N2O5/c38-34(37-35(39)36-33-26-16-7-9-18-28(26)42-29-19-10-8-17-27(29)33)32-30(40-22-24-12-3-1-4-13-24)20-11-21-31(32)41-23-25-14-5-2-6-15-25/h1-21,33H,22-23H2,(H2,36,37,38,39). The van der Waals surface area contributed by atoms with Gasteiger partial charge in [-0.1, -0.05) is 103 Å². The molecule has 0 aromatic heterocycles. The zero-order valence-corrected chi connectivity index (χ0v) is 22.7. The molecule has 6 rings (SSSR count). The maximum Gasteiger partial charge on any atom is 0.322 e. The third-order valence-electron chi connectivity index (χ3n) is 6.87. The predicted octanol–water partition coefficient (Wildman–Crippen LogP) is 7.18.